The number of hydrogen-bond donors (Lipinski definition) is 5. The Hall–Kier alpha value is -3.68. The van der Waals surface area contributed by atoms with E-state index in [1.165, 1.54) is 42.5 Å². The van der Waals surface area contributed by atoms with Crippen LogP contribution >= 0.6 is 0 Å². The maximum atomic E-state index is 12.0. The number of aliphatic carboxylic acids is 2. The van der Waals surface area contributed by atoms with Crippen molar-refractivity contribution in [1.29, 1.82) is 0 Å². The summed E-state index contributed by atoms with van der Waals surface area (Å²) < 4.78 is 5.69. The maximum Gasteiger partial charge on any atom is 0.315 e. The molecule has 0 aromatic heterocycles. The van der Waals surface area contributed by atoms with E-state index < -0.39 is 29.7 Å². The average Bonchev–Trinajstić information content (AvgIpc) is 3.01. The topological polar surface area (TPSA) is 145 Å². The predicted octanol–water partition coefficient (Wildman–Crippen LogP) is 2.59. The van der Waals surface area contributed by atoms with E-state index >= 15 is 0 Å². The van der Waals surface area contributed by atoms with Gasteiger partial charge < -0.3 is 30.3 Å². The van der Waals surface area contributed by atoms with Crippen molar-refractivity contribution in [3.63, 3.8) is 0 Å². The Balaban J connectivity index is 2.09. The van der Waals surface area contributed by atoms with Crippen LogP contribution < -0.4 is 4.74 Å². The molecule has 2 aromatic carbocycles. The third-order valence-corrected chi connectivity index (χ3v) is 4.25. The summed E-state index contributed by atoms with van der Waals surface area (Å²) in [6.07, 6.45) is 1.53. The first-order valence-electron chi connectivity index (χ1n) is 7.95. The van der Waals surface area contributed by atoms with E-state index in [1.807, 2.05) is 0 Å². The molecule has 2 aromatic rings. The van der Waals surface area contributed by atoms with E-state index in [2.05, 4.69) is 0 Å². The van der Waals surface area contributed by atoms with Crippen molar-refractivity contribution in [3.8, 4) is 23.0 Å². The lowest BCUT2D eigenvalue weighted by molar-refractivity contribution is -0.140. The lowest BCUT2D eigenvalue weighted by atomic mass is 9.88. The number of aromatic hydroxyl groups is 3. The summed E-state index contributed by atoms with van der Waals surface area (Å²) in [5.41, 5.74) is 0.914. The Labute approximate surface area is 153 Å². The molecule has 1 heterocycles. The predicted molar refractivity (Wildman–Crippen MR) is 92.9 cm³/mol. The molecule has 0 spiro atoms. The van der Waals surface area contributed by atoms with Gasteiger partial charge in [-0.3, -0.25) is 9.59 Å². The Morgan fingerprint density at radius 2 is 1.70 bits per heavy atom. The second kappa shape index (κ2) is 6.91. The Kier molecular flexibility index (Phi) is 4.64. The van der Waals surface area contributed by atoms with Gasteiger partial charge in [0.2, 0.25) is 0 Å². The van der Waals surface area contributed by atoms with E-state index in [1.54, 1.807) is 0 Å². The van der Waals surface area contributed by atoms with Crippen LogP contribution in [-0.4, -0.2) is 37.5 Å². The molecule has 2 atom stereocenters. The van der Waals surface area contributed by atoms with Gasteiger partial charge in [0.05, 0.1) is 6.42 Å². The molecular formula is C19H16O8. The quantitative estimate of drug-likeness (QED) is 0.504. The van der Waals surface area contributed by atoms with Crippen molar-refractivity contribution in [2.24, 2.45) is 0 Å². The first-order chi connectivity index (χ1) is 12.8. The molecule has 5 N–H and O–H groups in total. The van der Waals surface area contributed by atoms with E-state index in [0.717, 1.165) is 0 Å². The monoisotopic (exact) mass is 372 g/mol. The normalized spacial score (nSPS) is 18.2. The molecule has 27 heavy (non-hydrogen) atoms. The lowest BCUT2D eigenvalue weighted by Gasteiger charge is -2.17. The van der Waals surface area contributed by atoms with Crippen LogP contribution in [-0.2, 0) is 9.59 Å². The van der Waals surface area contributed by atoms with Crippen molar-refractivity contribution in [2.45, 2.75) is 18.4 Å². The lowest BCUT2D eigenvalue weighted by Crippen LogP contribution is -2.18. The summed E-state index contributed by atoms with van der Waals surface area (Å²) in [6, 6.07) is 6.62. The largest absolute Gasteiger partial charge is 0.504 e. The van der Waals surface area contributed by atoms with Gasteiger partial charge in [-0.2, -0.15) is 0 Å². The molecule has 0 bridgehead atoms. The van der Waals surface area contributed by atoms with Gasteiger partial charge in [0.25, 0.3) is 0 Å². The molecule has 8 heteroatoms. The number of fused-ring (bicyclic) bond motifs is 1. The fourth-order valence-electron chi connectivity index (χ4n) is 3.06. The van der Waals surface area contributed by atoms with Crippen molar-refractivity contribution in [3.05, 3.63) is 53.1 Å². The second-order valence-corrected chi connectivity index (χ2v) is 6.02. The highest BCUT2D eigenvalue weighted by atomic mass is 16.5. The summed E-state index contributed by atoms with van der Waals surface area (Å²) in [5, 5.41) is 47.8. The van der Waals surface area contributed by atoms with Crippen LogP contribution in [0.2, 0.25) is 0 Å². The van der Waals surface area contributed by atoms with Gasteiger partial charge in [-0.05, 0) is 29.3 Å². The number of ether oxygens (including phenoxy) is 1. The molecule has 0 saturated heterocycles. The van der Waals surface area contributed by atoms with Crippen LogP contribution in [0.3, 0.4) is 0 Å². The van der Waals surface area contributed by atoms with Crippen LogP contribution in [0.15, 0.2) is 36.4 Å². The summed E-state index contributed by atoms with van der Waals surface area (Å²) in [7, 11) is 0. The third-order valence-electron chi connectivity index (χ3n) is 4.25. The molecular weight excluding hydrogens is 356 g/mol. The zero-order valence-corrected chi connectivity index (χ0v) is 13.9. The van der Waals surface area contributed by atoms with Crippen LogP contribution in [0.4, 0.5) is 0 Å². The molecule has 0 amide bonds. The fourth-order valence-corrected chi connectivity index (χ4v) is 3.06. The van der Waals surface area contributed by atoms with E-state index in [9.17, 15) is 30.0 Å². The smallest absolute Gasteiger partial charge is 0.315 e. The fraction of sp³-hybridized carbons (Fsp3) is 0.158. The zero-order chi connectivity index (χ0) is 19.7. The maximum absolute atomic E-state index is 12.0. The molecule has 2 unspecified atom stereocenters. The van der Waals surface area contributed by atoms with Crippen LogP contribution in [0, 0.1) is 0 Å². The summed E-state index contributed by atoms with van der Waals surface area (Å²) in [4.78, 5) is 22.6. The van der Waals surface area contributed by atoms with Crippen molar-refractivity contribution in [2.75, 3.05) is 0 Å². The number of hydrogen-bond acceptors (Lipinski definition) is 6. The molecule has 0 aliphatic carbocycles. The molecule has 140 valence electrons. The number of rotatable bonds is 5. The summed E-state index contributed by atoms with van der Waals surface area (Å²) in [5.74, 6) is -4.52. The molecule has 8 nitrogen and oxygen atoms in total. The Bertz CT molecular complexity index is 947. The van der Waals surface area contributed by atoms with Gasteiger partial charge in [0, 0.05) is 5.56 Å². The van der Waals surface area contributed by atoms with E-state index in [-0.39, 0.29) is 29.2 Å². The molecule has 3 rings (SSSR count). The Morgan fingerprint density at radius 3 is 2.33 bits per heavy atom. The van der Waals surface area contributed by atoms with Gasteiger partial charge in [0.1, 0.15) is 12.0 Å². The van der Waals surface area contributed by atoms with E-state index in [4.69, 9.17) is 9.84 Å². The second-order valence-electron chi connectivity index (χ2n) is 6.02. The SMILES string of the molecule is O=C(O)CC=Cc1ccc(O)c2c1C(C(=O)O)C(c1ccc(O)c(O)c1)O2. The van der Waals surface area contributed by atoms with Crippen molar-refractivity contribution >= 4 is 18.0 Å². The molecule has 1 aliphatic rings. The standard InChI is InChI=1S/C19H16O8/c20-11-6-5-10(8-13(11)22)17-16(19(25)26)15-9(2-1-3-14(23)24)4-7-12(21)18(15)27-17/h1-2,4-8,16-17,20-22H,3H2,(H,23,24)(H,25,26). The van der Waals surface area contributed by atoms with Crippen molar-refractivity contribution < 1.29 is 39.9 Å². The molecule has 0 radical (unpaired) electrons. The number of phenolic OH excluding ortho intramolecular Hbond substituents is 3. The first-order valence-corrected chi connectivity index (χ1v) is 7.95. The van der Waals surface area contributed by atoms with Gasteiger partial charge in [-0.25, -0.2) is 0 Å². The van der Waals surface area contributed by atoms with Crippen molar-refractivity contribution in [1.82, 2.24) is 0 Å². The Morgan fingerprint density at radius 1 is 1.00 bits per heavy atom. The minimum atomic E-state index is -1.22. The average molecular weight is 372 g/mol. The first kappa shape index (κ1) is 18.1. The number of phenols is 3. The number of carboxylic acid groups (broad SMARTS) is 2. The number of benzene rings is 2. The van der Waals surface area contributed by atoms with Crippen LogP contribution in [0.1, 0.15) is 35.1 Å². The molecule has 0 fully saturated rings. The molecule has 1 aliphatic heterocycles. The summed E-state index contributed by atoms with van der Waals surface area (Å²) in [6.45, 7) is 0. The van der Waals surface area contributed by atoms with Crippen LogP contribution in [0.5, 0.6) is 23.0 Å². The van der Waals surface area contributed by atoms with Crippen LogP contribution in [0.25, 0.3) is 6.08 Å². The minimum absolute atomic E-state index is 0.0163. The third kappa shape index (κ3) is 3.37. The van der Waals surface area contributed by atoms with Gasteiger partial charge in [0.15, 0.2) is 23.0 Å². The highest BCUT2D eigenvalue weighted by Gasteiger charge is 2.43. The highest BCUT2D eigenvalue weighted by molar-refractivity contribution is 5.84. The number of carbonyl (C=O) groups is 2. The van der Waals surface area contributed by atoms with E-state index in [0.29, 0.717) is 11.1 Å². The van der Waals surface area contributed by atoms with Gasteiger partial charge in [-0.15, -0.1) is 0 Å². The highest BCUT2D eigenvalue weighted by Crippen LogP contribution is 2.52. The summed E-state index contributed by atoms with van der Waals surface area (Å²) >= 11 is 0. The molecule has 0 saturated carbocycles. The minimum Gasteiger partial charge on any atom is -0.504 e. The number of carboxylic acids is 2. The van der Waals surface area contributed by atoms with Gasteiger partial charge >= 0.3 is 11.9 Å². The zero-order valence-electron chi connectivity index (χ0n) is 13.9. The van der Waals surface area contributed by atoms with Gasteiger partial charge in [-0.1, -0.05) is 24.3 Å².